The molecule has 68 valence electrons. The molecule has 0 atom stereocenters. The molecule has 0 aliphatic heterocycles. The molecule has 0 rings (SSSR count). The molecule has 0 aromatic carbocycles. The summed E-state index contributed by atoms with van der Waals surface area (Å²) >= 11 is 0. The van der Waals surface area contributed by atoms with E-state index in [0.29, 0.717) is 0 Å². The molecule has 0 fully saturated rings. The number of hydrogen-bond acceptors (Lipinski definition) is 0. The highest BCUT2D eigenvalue weighted by atomic mass is 13.9. The van der Waals surface area contributed by atoms with Crippen LogP contribution in [0.4, 0.5) is 0 Å². The van der Waals surface area contributed by atoms with Crippen LogP contribution >= 0.6 is 0 Å². The van der Waals surface area contributed by atoms with E-state index in [2.05, 4.69) is 31.7 Å². The van der Waals surface area contributed by atoms with E-state index in [0.717, 1.165) is 6.42 Å². The fourth-order valence-electron chi connectivity index (χ4n) is 1.00. The van der Waals surface area contributed by atoms with Crippen molar-refractivity contribution in [2.75, 3.05) is 0 Å². The minimum absolute atomic E-state index is 1.16. The van der Waals surface area contributed by atoms with Gasteiger partial charge in [0.25, 0.3) is 0 Å². The monoisotopic (exact) mass is 164 g/mol. The molecule has 0 heteroatoms. The molecular formula is C12H20. The van der Waals surface area contributed by atoms with Crippen LogP contribution in [0.5, 0.6) is 0 Å². The second-order valence-corrected chi connectivity index (χ2v) is 2.83. The van der Waals surface area contributed by atoms with Crippen LogP contribution in [0.1, 0.15) is 39.0 Å². The molecular weight excluding hydrogens is 144 g/mol. The summed E-state index contributed by atoms with van der Waals surface area (Å²) in [6.07, 6.45) is 16.7. The maximum atomic E-state index is 3.62. The summed E-state index contributed by atoms with van der Waals surface area (Å²) < 4.78 is 0. The van der Waals surface area contributed by atoms with Gasteiger partial charge in [-0.25, -0.2) is 0 Å². The van der Waals surface area contributed by atoms with Crippen LogP contribution in [-0.2, 0) is 0 Å². The van der Waals surface area contributed by atoms with Gasteiger partial charge in [-0.1, -0.05) is 43.9 Å². The van der Waals surface area contributed by atoms with Crippen molar-refractivity contribution in [3.8, 4) is 0 Å². The largest absolute Gasteiger partial charge is 0.0991 e. The molecule has 0 unspecified atom stereocenters. The van der Waals surface area contributed by atoms with E-state index in [1.807, 2.05) is 12.2 Å². The van der Waals surface area contributed by atoms with Crippen LogP contribution in [0, 0.1) is 0 Å². The van der Waals surface area contributed by atoms with E-state index in [1.165, 1.54) is 25.7 Å². The molecule has 0 bridgehead atoms. The van der Waals surface area contributed by atoms with Crippen LogP contribution in [-0.4, -0.2) is 0 Å². The third kappa shape index (κ3) is 9.22. The summed E-state index contributed by atoms with van der Waals surface area (Å²) in [4.78, 5) is 0. The fourth-order valence-corrected chi connectivity index (χ4v) is 1.00. The first-order valence-electron chi connectivity index (χ1n) is 4.84. The smallest absolute Gasteiger partial charge is 0.0348 e. The van der Waals surface area contributed by atoms with Gasteiger partial charge in [0.15, 0.2) is 0 Å². The molecule has 0 radical (unpaired) electrons. The molecule has 0 amide bonds. The first kappa shape index (κ1) is 11.2. The second-order valence-electron chi connectivity index (χ2n) is 2.83. The number of allylic oxidation sites excluding steroid dienone is 5. The summed E-state index contributed by atoms with van der Waals surface area (Å²) in [5.41, 5.74) is 0. The lowest BCUT2D eigenvalue weighted by Crippen LogP contribution is -1.71. The van der Waals surface area contributed by atoms with Gasteiger partial charge < -0.3 is 0 Å². The Morgan fingerprint density at radius 3 is 2.25 bits per heavy atom. The fraction of sp³-hybridized carbons (Fsp3) is 0.500. The first-order chi connectivity index (χ1) is 5.91. The normalized spacial score (nSPS) is 11.4. The van der Waals surface area contributed by atoms with E-state index in [9.17, 15) is 0 Å². The maximum Gasteiger partial charge on any atom is -0.0348 e. The lowest BCUT2D eigenvalue weighted by Gasteiger charge is -1.91. The number of rotatable bonds is 7. The van der Waals surface area contributed by atoms with Crippen molar-refractivity contribution in [3.05, 3.63) is 37.0 Å². The molecule has 0 spiro atoms. The minimum Gasteiger partial charge on any atom is -0.0991 e. The van der Waals surface area contributed by atoms with E-state index in [1.54, 1.807) is 0 Å². The summed E-state index contributed by atoms with van der Waals surface area (Å²) in [5.74, 6) is 0. The van der Waals surface area contributed by atoms with Gasteiger partial charge in [-0.3, -0.25) is 0 Å². The van der Waals surface area contributed by atoms with Crippen molar-refractivity contribution < 1.29 is 0 Å². The van der Waals surface area contributed by atoms with Gasteiger partial charge >= 0.3 is 0 Å². The van der Waals surface area contributed by atoms with E-state index in [-0.39, 0.29) is 0 Å². The van der Waals surface area contributed by atoms with Crippen LogP contribution < -0.4 is 0 Å². The van der Waals surface area contributed by atoms with Crippen LogP contribution in [0.3, 0.4) is 0 Å². The Morgan fingerprint density at radius 2 is 1.67 bits per heavy atom. The molecule has 0 heterocycles. The van der Waals surface area contributed by atoms with Gasteiger partial charge in [-0.2, -0.15) is 0 Å². The zero-order chi connectivity index (χ0) is 9.07. The molecule has 0 aromatic heterocycles. The van der Waals surface area contributed by atoms with Gasteiger partial charge in [0.1, 0.15) is 0 Å². The van der Waals surface area contributed by atoms with Crippen LogP contribution in [0.25, 0.3) is 0 Å². The van der Waals surface area contributed by atoms with E-state index < -0.39 is 0 Å². The Balaban J connectivity index is 3.05. The minimum atomic E-state index is 1.16. The van der Waals surface area contributed by atoms with E-state index >= 15 is 0 Å². The van der Waals surface area contributed by atoms with Gasteiger partial charge in [0, 0.05) is 0 Å². The highest BCUT2D eigenvalue weighted by Crippen LogP contribution is 2.01. The molecule has 0 N–H and O–H groups in total. The van der Waals surface area contributed by atoms with E-state index in [4.69, 9.17) is 0 Å². The van der Waals surface area contributed by atoms with Gasteiger partial charge in [0.2, 0.25) is 0 Å². The van der Waals surface area contributed by atoms with Crippen LogP contribution in [0.2, 0.25) is 0 Å². The average Bonchev–Trinajstić information content (AvgIpc) is 2.10. The lowest BCUT2D eigenvalue weighted by molar-refractivity contribution is 0.761. The van der Waals surface area contributed by atoms with Crippen molar-refractivity contribution in [2.24, 2.45) is 0 Å². The summed E-state index contributed by atoms with van der Waals surface area (Å²) in [6.45, 7) is 5.79. The highest BCUT2D eigenvalue weighted by Gasteiger charge is 1.81. The molecule has 0 aromatic rings. The zero-order valence-electron chi connectivity index (χ0n) is 8.13. The Hall–Kier alpha value is -0.780. The highest BCUT2D eigenvalue weighted by molar-refractivity contribution is 4.96. The quantitative estimate of drug-likeness (QED) is 0.300. The van der Waals surface area contributed by atoms with Crippen LogP contribution in [0.15, 0.2) is 37.0 Å². The third-order valence-corrected chi connectivity index (χ3v) is 1.67. The standard InChI is InChI=1S/C12H20/c1-3-5-7-9-11-12-10-8-6-4-2/h3,5-8H,1,4,9-12H2,2H3. The lowest BCUT2D eigenvalue weighted by atomic mass is 10.2. The Morgan fingerprint density at radius 1 is 1.00 bits per heavy atom. The predicted molar refractivity (Wildman–Crippen MR) is 57.2 cm³/mol. The molecule has 0 saturated carbocycles. The Labute approximate surface area is 76.7 Å². The van der Waals surface area contributed by atoms with Gasteiger partial charge in [-0.15, -0.1) is 0 Å². The zero-order valence-corrected chi connectivity index (χ0v) is 8.13. The van der Waals surface area contributed by atoms with Gasteiger partial charge in [-0.05, 0) is 32.1 Å². The maximum absolute atomic E-state index is 3.62. The Kier molecular flexibility index (Phi) is 9.56. The SMILES string of the molecule is C=CC=CCCCCC=CCC. The topological polar surface area (TPSA) is 0 Å². The summed E-state index contributed by atoms with van der Waals surface area (Å²) in [6, 6.07) is 0. The molecule has 0 aliphatic carbocycles. The van der Waals surface area contributed by atoms with Crippen molar-refractivity contribution >= 4 is 0 Å². The molecule has 12 heavy (non-hydrogen) atoms. The van der Waals surface area contributed by atoms with Crippen molar-refractivity contribution in [3.63, 3.8) is 0 Å². The summed E-state index contributed by atoms with van der Waals surface area (Å²) in [7, 11) is 0. The third-order valence-electron chi connectivity index (χ3n) is 1.67. The Bertz CT molecular complexity index is 140. The summed E-state index contributed by atoms with van der Waals surface area (Å²) in [5, 5.41) is 0. The second kappa shape index (κ2) is 10.2. The average molecular weight is 164 g/mol. The molecule has 0 nitrogen and oxygen atoms in total. The number of unbranched alkanes of at least 4 members (excludes halogenated alkanes) is 3. The molecule has 0 saturated heterocycles. The van der Waals surface area contributed by atoms with Gasteiger partial charge in [0.05, 0.1) is 0 Å². The van der Waals surface area contributed by atoms with Crippen molar-refractivity contribution in [1.82, 2.24) is 0 Å². The molecule has 0 aliphatic rings. The number of hydrogen-bond donors (Lipinski definition) is 0. The van der Waals surface area contributed by atoms with Crippen molar-refractivity contribution in [1.29, 1.82) is 0 Å². The van der Waals surface area contributed by atoms with Crippen molar-refractivity contribution in [2.45, 2.75) is 39.0 Å². The first-order valence-corrected chi connectivity index (χ1v) is 4.84. The predicted octanol–water partition coefficient (Wildman–Crippen LogP) is 4.26.